The van der Waals surface area contributed by atoms with Crippen LogP contribution >= 0.6 is 31.9 Å². The van der Waals surface area contributed by atoms with Crippen molar-refractivity contribution in [2.75, 3.05) is 18.0 Å². The maximum atomic E-state index is 12.9. The highest BCUT2D eigenvalue weighted by Crippen LogP contribution is 2.28. The number of fused-ring (bicyclic) bond motifs is 1. The first-order chi connectivity index (χ1) is 16.1. The molecule has 0 bridgehead atoms. The van der Waals surface area contributed by atoms with Crippen LogP contribution < -0.4 is 10.2 Å². The molecule has 1 amide bonds. The molecule has 33 heavy (non-hydrogen) atoms. The number of benzene rings is 2. The first-order valence-electron chi connectivity index (χ1n) is 10.8. The second-order valence-corrected chi connectivity index (χ2v) is 9.95. The monoisotopic (exact) mass is 568 g/mol. The fourth-order valence-electron chi connectivity index (χ4n) is 4.12. The normalized spacial score (nSPS) is 16.2. The van der Waals surface area contributed by atoms with Crippen molar-refractivity contribution in [3.05, 3.63) is 75.6 Å². The molecule has 1 atom stereocenters. The number of halogens is 2. The number of piperidine rings is 1. The molecule has 1 unspecified atom stereocenters. The molecule has 7 nitrogen and oxygen atoms in total. The summed E-state index contributed by atoms with van der Waals surface area (Å²) in [6.07, 6.45) is 5.32. The van der Waals surface area contributed by atoms with Gasteiger partial charge in [0.1, 0.15) is 12.1 Å². The Hall–Kier alpha value is -2.78. The lowest BCUT2D eigenvalue weighted by molar-refractivity contribution is -0.125. The summed E-state index contributed by atoms with van der Waals surface area (Å²) in [6.45, 7) is 2.01. The molecule has 2 aromatic carbocycles. The average molecular weight is 570 g/mol. The Morgan fingerprint density at radius 2 is 1.76 bits per heavy atom. The summed E-state index contributed by atoms with van der Waals surface area (Å²) in [5.74, 6) is 0.827. The molecule has 1 aliphatic rings. The van der Waals surface area contributed by atoms with Crippen LogP contribution in [-0.4, -0.2) is 38.7 Å². The van der Waals surface area contributed by atoms with Crippen LogP contribution in [0, 0.1) is 5.92 Å². The summed E-state index contributed by atoms with van der Waals surface area (Å²) in [5.41, 5.74) is 2.67. The molecule has 0 saturated carbocycles. The van der Waals surface area contributed by atoms with E-state index in [9.17, 15) is 4.79 Å². The van der Waals surface area contributed by atoms with Gasteiger partial charge >= 0.3 is 0 Å². The van der Waals surface area contributed by atoms with E-state index in [2.05, 4.69) is 57.1 Å². The molecule has 5 rings (SSSR count). The van der Waals surface area contributed by atoms with Crippen molar-refractivity contribution in [3.8, 4) is 5.69 Å². The van der Waals surface area contributed by atoms with Gasteiger partial charge in [-0.1, -0.05) is 44.0 Å². The van der Waals surface area contributed by atoms with Crippen molar-refractivity contribution < 1.29 is 4.79 Å². The predicted octanol–water partition coefficient (Wildman–Crippen LogP) is 4.87. The van der Waals surface area contributed by atoms with Crippen molar-refractivity contribution in [2.45, 2.75) is 19.4 Å². The standard InChI is InChI=1S/C24H22Br2N6O/c25-18-5-3-16(4-6-18)12-27-24(33)17-2-1-11-31(13-17)23-21-14-32(30-22(21)28-15-29-23)20-9-7-19(26)8-10-20/h3-10,14-15,17H,1-2,11-13H2,(H,27,33). The van der Waals surface area contributed by atoms with E-state index in [1.807, 2.05) is 59.4 Å². The largest absolute Gasteiger partial charge is 0.355 e. The number of nitrogens with zero attached hydrogens (tertiary/aromatic N) is 5. The highest BCUT2D eigenvalue weighted by atomic mass is 79.9. The minimum Gasteiger partial charge on any atom is -0.355 e. The average Bonchev–Trinajstić information content (AvgIpc) is 3.28. The van der Waals surface area contributed by atoms with E-state index in [1.165, 1.54) is 0 Å². The fourth-order valence-corrected chi connectivity index (χ4v) is 4.65. The highest BCUT2D eigenvalue weighted by molar-refractivity contribution is 9.10. The van der Waals surface area contributed by atoms with Gasteiger partial charge in [0.2, 0.25) is 5.91 Å². The second kappa shape index (κ2) is 9.61. The number of amides is 1. The third kappa shape index (κ3) is 4.94. The van der Waals surface area contributed by atoms with Crippen molar-refractivity contribution >= 4 is 54.6 Å². The van der Waals surface area contributed by atoms with Gasteiger partial charge in [-0.05, 0) is 54.8 Å². The summed E-state index contributed by atoms with van der Waals surface area (Å²) in [6, 6.07) is 16.0. The topological polar surface area (TPSA) is 75.9 Å². The molecule has 1 N–H and O–H groups in total. The van der Waals surface area contributed by atoms with Crippen LogP contribution in [0.15, 0.2) is 70.0 Å². The summed E-state index contributed by atoms with van der Waals surface area (Å²) >= 11 is 6.91. The van der Waals surface area contributed by atoms with E-state index in [0.717, 1.165) is 50.8 Å². The summed E-state index contributed by atoms with van der Waals surface area (Å²) in [5, 5.41) is 8.61. The van der Waals surface area contributed by atoms with Gasteiger partial charge in [-0.25, -0.2) is 14.6 Å². The molecule has 0 spiro atoms. The highest BCUT2D eigenvalue weighted by Gasteiger charge is 2.28. The molecule has 9 heteroatoms. The zero-order chi connectivity index (χ0) is 22.8. The first kappa shape index (κ1) is 22.0. The van der Waals surface area contributed by atoms with Crippen LogP contribution in [0.5, 0.6) is 0 Å². The molecule has 0 radical (unpaired) electrons. The van der Waals surface area contributed by atoms with Gasteiger partial charge in [-0.2, -0.15) is 0 Å². The quantitative estimate of drug-likeness (QED) is 0.371. The Kier molecular flexibility index (Phi) is 6.41. The van der Waals surface area contributed by atoms with E-state index in [4.69, 9.17) is 0 Å². The van der Waals surface area contributed by atoms with Gasteiger partial charge < -0.3 is 10.2 Å². The number of nitrogens with one attached hydrogen (secondary N) is 1. The van der Waals surface area contributed by atoms with Gasteiger partial charge in [0, 0.05) is 34.8 Å². The lowest BCUT2D eigenvalue weighted by atomic mass is 9.97. The van der Waals surface area contributed by atoms with Gasteiger partial charge in [0.15, 0.2) is 5.65 Å². The third-order valence-corrected chi connectivity index (χ3v) is 6.92. The molecule has 2 aromatic heterocycles. The van der Waals surface area contributed by atoms with Crippen LogP contribution in [0.25, 0.3) is 16.7 Å². The minimum atomic E-state index is -0.0827. The second-order valence-electron chi connectivity index (χ2n) is 8.11. The van der Waals surface area contributed by atoms with Gasteiger partial charge in [-0.3, -0.25) is 4.79 Å². The molecule has 3 heterocycles. The molecule has 1 fully saturated rings. The van der Waals surface area contributed by atoms with Crippen molar-refractivity contribution in [1.82, 2.24) is 25.1 Å². The molecular formula is C24H22Br2N6O. The molecule has 1 aliphatic heterocycles. The van der Waals surface area contributed by atoms with Gasteiger partial charge in [0.05, 0.1) is 17.0 Å². The Balaban J connectivity index is 1.32. The molecule has 1 saturated heterocycles. The molecule has 0 aliphatic carbocycles. The smallest absolute Gasteiger partial charge is 0.225 e. The predicted molar refractivity (Wildman–Crippen MR) is 135 cm³/mol. The van der Waals surface area contributed by atoms with E-state index >= 15 is 0 Å². The number of hydrogen-bond acceptors (Lipinski definition) is 5. The number of carbonyl (C=O) groups is 1. The maximum absolute atomic E-state index is 12.9. The third-order valence-electron chi connectivity index (χ3n) is 5.86. The number of hydrogen-bond donors (Lipinski definition) is 1. The number of aromatic nitrogens is 4. The molecule has 4 aromatic rings. The Morgan fingerprint density at radius 3 is 2.52 bits per heavy atom. The van der Waals surface area contributed by atoms with Gasteiger partial charge in [0.25, 0.3) is 0 Å². The van der Waals surface area contributed by atoms with Crippen LogP contribution in [-0.2, 0) is 11.3 Å². The minimum absolute atomic E-state index is 0.0819. The lowest BCUT2D eigenvalue weighted by Gasteiger charge is -2.33. The molecular weight excluding hydrogens is 548 g/mol. The maximum Gasteiger partial charge on any atom is 0.225 e. The van der Waals surface area contributed by atoms with Crippen molar-refractivity contribution in [1.29, 1.82) is 0 Å². The van der Waals surface area contributed by atoms with Crippen molar-refractivity contribution in [3.63, 3.8) is 0 Å². The zero-order valence-electron chi connectivity index (χ0n) is 17.8. The SMILES string of the molecule is O=C(NCc1ccc(Br)cc1)C1CCCN(c2ncnc3nn(-c4ccc(Br)cc4)cc23)C1. The number of anilines is 1. The van der Waals surface area contributed by atoms with E-state index in [0.29, 0.717) is 18.7 Å². The first-order valence-corrected chi connectivity index (χ1v) is 12.4. The fraction of sp³-hybridized carbons (Fsp3) is 0.250. The summed E-state index contributed by atoms with van der Waals surface area (Å²) in [4.78, 5) is 24.0. The number of rotatable bonds is 5. The lowest BCUT2D eigenvalue weighted by Crippen LogP contribution is -2.43. The molecule has 168 valence electrons. The van der Waals surface area contributed by atoms with Crippen LogP contribution in [0.1, 0.15) is 18.4 Å². The van der Waals surface area contributed by atoms with Crippen LogP contribution in [0.3, 0.4) is 0 Å². The van der Waals surface area contributed by atoms with E-state index in [-0.39, 0.29) is 11.8 Å². The van der Waals surface area contributed by atoms with Crippen LogP contribution in [0.4, 0.5) is 5.82 Å². The van der Waals surface area contributed by atoms with E-state index < -0.39 is 0 Å². The zero-order valence-corrected chi connectivity index (χ0v) is 21.0. The summed E-state index contributed by atoms with van der Waals surface area (Å²) < 4.78 is 3.86. The van der Waals surface area contributed by atoms with Gasteiger partial charge in [-0.15, -0.1) is 5.10 Å². The Morgan fingerprint density at radius 1 is 1.03 bits per heavy atom. The van der Waals surface area contributed by atoms with Crippen LogP contribution in [0.2, 0.25) is 0 Å². The summed E-state index contributed by atoms with van der Waals surface area (Å²) in [7, 11) is 0. The number of carbonyl (C=O) groups excluding carboxylic acids is 1. The van der Waals surface area contributed by atoms with E-state index in [1.54, 1.807) is 6.33 Å². The van der Waals surface area contributed by atoms with Crippen molar-refractivity contribution in [2.24, 2.45) is 5.92 Å². The Labute approximate surface area is 208 Å². The Bertz CT molecular complexity index is 1270.